The predicted octanol–water partition coefficient (Wildman–Crippen LogP) is 4.53. The maximum Gasteiger partial charge on any atom is 0.230 e. The number of rotatable bonds is 6. The van der Waals surface area contributed by atoms with Gasteiger partial charge in [-0.2, -0.15) is 0 Å². The Morgan fingerprint density at radius 3 is 2.54 bits per heavy atom. The first kappa shape index (κ1) is 16.5. The Morgan fingerprint density at radius 1 is 0.958 bits per heavy atom. The number of amides is 1. The van der Waals surface area contributed by atoms with Crippen molar-refractivity contribution < 1.29 is 9.18 Å². The number of thioether (sulfide) groups is 1. The first-order valence-corrected chi connectivity index (χ1v) is 8.93. The van der Waals surface area contributed by atoms with Crippen molar-refractivity contribution >= 4 is 28.4 Å². The van der Waals surface area contributed by atoms with E-state index in [1.165, 1.54) is 34.7 Å². The van der Waals surface area contributed by atoms with Gasteiger partial charge in [0.25, 0.3) is 0 Å². The average molecular weight is 339 g/mol. The van der Waals surface area contributed by atoms with Crippen LogP contribution in [0.4, 0.5) is 4.39 Å². The molecule has 0 aliphatic carbocycles. The molecule has 4 heteroatoms. The van der Waals surface area contributed by atoms with Crippen LogP contribution in [0, 0.1) is 5.82 Å². The van der Waals surface area contributed by atoms with Gasteiger partial charge in [-0.25, -0.2) is 4.39 Å². The van der Waals surface area contributed by atoms with Crippen molar-refractivity contribution in [3.63, 3.8) is 0 Å². The van der Waals surface area contributed by atoms with Crippen LogP contribution in [-0.2, 0) is 17.1 Å². The Kier molecular flexibility index (Phi) is 5.49. The largest absolute Gasteiger partial charge is 0.351 e. The van der Waals surface area contributed by atoms with Gasteiger partial charge in [-0.15, -0.1) is 11.8 Å². The van der Waals surface area contributed by atoms with Crippen molar-refractivity contribution in [3.05, 3.63) is 83.7 Å². The molecule has 0 spiro atoms. The maximum atomic E-state index is 12.8. The molecule has 0 heterocycles. The Hall–Kier alpha value is -2.33. The monoisotopic (exact) mass is 339 g/mol. The van der Waals surface area contributed by atoms with E-state index in [1.807, 2.05) is 24.3 Å². The highest BCUT2D eigenvalue weighted by Gasteiger charge is 2.05. The zero-order valence-electron chi connectivity index (χ0n) is 13.2. The number of carbonyl (C=O) groups excluding carboxylic acids is 1. The lowest BCUT2D eigenvalue weighted by Gasteiger charge is -2.08. The number of nitrogens with one attached hydrogen (secondary N) is 1. The molecule has 0 atom stereocenters. The van der Waals surface area contributed by atoms with Gasteiger partial charge in [-0.1, -0.05) is 54.6 Å². The average Bonchev–Trinajstić information content (AvgIpc) is 2.61. The standard InChI is InChI=1S/C20H18FNOS/c21-18-10-8-15(9-11-18)13-24-14-20(23)22-12-17-6-3-5-16-4-1-2-7-19(16)17/h1-11H,12-14H2,(H,22,23). The molecule has 3 rings (SSSR count). The van der Waals surface area contributed by atoms with E-state index in [-0.39, 0.29) is 11.7 Å². The Bertz CT molecular complexity index is 827. The van der Waals surface area contributed by atoms with Gasteiger partial charge in [-0.05, 0) is 34.0 Å². The van der Waals surface area contributed by atoms with Crippen LogP contribution in [0.25, 0.3) is 10.8 Å². The molecule has 0 bridgehead atoms. The van der Waals surface area contributed by atoms with Crippen LogP contribution in [0.1, 0.15) is 11.1 Å². The van der Waals surface area contributed by atoms with Crippen molar-refractivity contribution in [2.75, 3.05) is 5.75 Å². The molecule has 0 aliphatic rings. The number of hydrogen-bond donors (Lipinski definition) is 1. The lowest BCUT2D eigenvalue weighted by molar-refractivity contribution is -0.118. The minimum Gasteiger partial charge on any atom is -0.351 e. The first-order chi connectivity index (χ1) is 11.7. The molecule has 3 aromatic rings. The highest BCUT2D eigenvalue weighted by atomic mass is 32.2. The summed E-state index contributed by atoms with van der Waals surface area (Å²) in [6.45, 7) is 0.525. The normalized spacial score (nSPS) is 10.7. The third-order valence-electron chi connectivity index (χ3n) is 3.77. The van der Waals surface area contributed by atoms with Gasteiger partial charge in [0.1, 0.15) is 5.82 Å². The topological polar surface area (TPSA) is 29.1 Å². The van der Waals surface area contributed by atoms with Gasteiger partial charge < -0.3 is 5.32 Å². The molecule has 122 valence electrons. The zero-order chi connectivity index (χ0) is 16.8. The fraction of sp³-hybridized carbons (Fsp3) is 0.150. The quantitative estimate of drug-likeness (QED) is 0.715. The first-order valence-electron chi connectivity index (χ1n) is 7.78. The summed E-state index contributed by atoms with van der Waals surface area (Å²) in [5.74, 6) is 0.857. The molecule has 2 nitrogen and oxygen atoms in total. The van der Waals surface area contributed by atoms with Gasteiger partial charge >= 0.3 is 0 Å². The second kappa shape index (κ2) is 7.97. The third kappa shape index (κ3) is 4.36. The molecule has 1 N–H and O–H groups in total. The third-order valence-corrected chi connectivity index (χ3v) is 4.77. The summed E-state index contributed by atoms with van der Waals surface area (Å²) < 4.78 is 12.8. The number of benzene rings is 3. The molecular weight excluding hydrogens is 321 g/mol. The summed E-state index contributed by atoms with van der Waals surface area (Å²) >= 11 is 1.52. The van der Waals surface area contributed by atoms with Crippen LogP contribution in [0.5, 0.6) is 0 Å². The van der Waals surface area contributed by atoms with Gasteiger partial charge in [0.15, 0.2) is 0 Å². The number of hydrogen-bond acceptors (Lipinski definition) is 2. The highest BCUT2D eigenvalue weighted by molar-refractivity contribution is 7.99. The van der Waals surface area contributed by atoms with E-state index in [0.717, 1.165) is 11.1 Å². The molecule has 0 radical (unpaired) electrons. The molecule has 0 fully saturated rings. The second-order valence-corrected chi connectivity index (χ2v) is 6.52. The summed E-state index contributed by atoms with van der Waals surface area (Å²) in [5, 5.41) is 5.31. The fourth-order valence-electron chi connectivity index (χ4n) is 2.53. The maximum absolute atomic E-state index is 12.8. The van der Waals surface area contributed by atoms with E-state index < -0.39 is 0 Å². The summed E-state index contributed by atoms with van der Waals surface area (Å²) in [6.07, 6.45) is 0. The van der Waals surface area contributed by atoms with Gasteiger partial charge in [0.2, 0.25) is 5.91 Å². The van der Waals surface area contributed by atoms with Gasteiger partial charge in [0.05, 0.1) is 5.75 Å². The van der Waals surface area contributed by atoms with E-state index in [9.17, 15) is 9.18 Å². The van der Waals surface area contributed by atoms with Crippen molar-refractivity contribution in [2.45, 2.75) is 12.3 Å². The van der Waals surface area contributed by atoms with Crippen molar-refractivity contribution in [3.8, 4) is 0 Å². The van der Waals surface area contributed by atoms with E-state index in [0.29, 0.717) is 18.1 Å². The number of halogens is 1. The van der Waals surface area contributed by atoms with Crippen molar-refractivity contribution in [1.29, 1.82) is 0 Å². The second-order valence-electron chi connectivity index (χ2n) is 5.53. The van der Waals surface area contributed by atoms with E-state index in [1.54, 1.807) is 12.1 Å². The smallest absolute Gasteiger partial charge is 0.230 e. The SMILES string of the molecule is O=C(CSCc1ccc(F)cc1)NCc1cccc2ccccc12. The Labute approximate surface area is 145 Å². The van der Waals surface area contributed by atoms with Crippen molar-refractivity contribution in [1.82, 2.24) is 5.32 Å². The van der Waals surface area contributed by atoms with Crippen LogP contribution in [0.2, 0.25) is 0 Å². The lowest BCUT2D eigenvalue weighted by atomic mass is 10.0. The molecule has 24 heavy (non-hydrogen) atoms. The van der Waals surface area contributed by atoms with Crippen LogP contribution in [0.3, 0.4) is 0 Å². The van der Waals surface area contributed by atoms with E-state index >= 15 is 0 Å². The molecule has 0 aliphatic heterocycles. The highest BCUT2D eigenvalue weighted by Crippen LogP contribution is 2.18. The minimum atomic E-state index is -0.239. The van der Waals surface area contributed by atoms with Crippen LogP contribution >= 0.6 is 11.8 Å². The zero-order valence-corrected chi connectivity index (χ0v) is 14.0. The Balaban J connectivity index is 1.49. The summed E-state index contributed by atoms with van der Waals surface area (Å²) in [7, 11) is 0. The van der Waals surface area contributed by atoms with E-state index in [2.05, 4.69) is 23.5 Å². The molecule has 0 unspecified atom stereocenters. The van der Waals surface area contributed by atoms with Crippen LogP contribution < -0.4 is 5.32 Å². The van der Waals surface area contributed by atoms with Gasteiger partial charge in [-0.3, -0.25) is 4.79 Å². The summed E-state index contributed by atoms with van der Waals surface area (Å²) in [6, 6.07) is 20.6. The summed E-state index contributed by atoms with van der Waals surface area (Å²) in [4.78, 5) is 12.0. The fourth-order valence-corrected chi connectivity index (χ4v) is 3.35. The molecule has 3 aromatic carbocycles. The van der Waals surface area contributed by atoms with Crippen LogP contribution in [-0.4, -0.2) is 11.7 Å². The molecule has 1 amide bonds. The molecule has 0 saturated carbocycles. The Morgan fingerprint density at radius 2 is 1.71 bits per heavy atom. The van der Waals surface area contributed by atoms with E-state index in [4.69, 9.17) is 0 Å². The summed E-state index contributed by atoms with van der Waals surface area (Å²) in [5.41, 5.74) is 2.13. The molecule has 0 saturated heterocycles. The van der Waals surface area contributed by atoms with Crippen LogP contribution in [0.15, 0.2) is 66.7 Å². The number of carbonyl (C=O) groups is 1. The lowest BCUT2D eigenvalue weighted by Crippen LogP contribution is -2.24. The number of fused-ring (bicyclic) bond motifs is 1. The predicted molar refractivity (Wildman–Crippen MR) is 98.4 cm³/mol. The molecule has 0 aromatic heterocycles. The molecular formula is C20H18FNOS. The minimum absolute atomic E-state index is 0.00930. The van der Waals surface area contributed by atoms with Gasteiger partial charge in [0, 0.05) is 12.3 Å². The van der Waals surface area contributed by atoms with Crippen molar-refractivity contribution in [2.24, 2.45) is 0 Å².